The van der Waals surface area contributed by atoms with Gasteiger partial charge in [0.1, 0.15) is 0 Å². The Hall–Kier alpha value is -1.35. The molecule has 1 aromatic rings. The monoisotopic (exact) mass is 273 g/mol. The van der Waals surface area contributed by atoms with E-state index in [2.05, 4.69) is 36.1 Å². The number of ether oxygens (including phenoxy) is 1. The molecule has 1 heterocycles. The molecular formula is C17H23NO2. The molecule has 3 nitrogen and oxygen atoms in total. The highest BCUT2D eigenvalue weighted by molar-refractivity contribution is 5.79. The second kappa shape index (κ2) is 5.96. The number of carbonyl (C=O) groups is 1. The molecule has 0 saturated carbocycles. The maximum Gasteiger partial charge on any atom is 0.228 e. The third kappa shape index (κ3) is 2.59. The van der Waals surface area contributed by atoms with Crippen LogP contribution in [-0.4, -0.2) is 36.6 Å². The smallest absolute Gasteiger partial charge is 0.228 e. The molecule has 1 aliphatic heterocycles. The molecule has 20 heavy (non-hydrogen) atoms. The second-order valence-electron chi connectivity index (χ2n) is 5.92. The number of rotatable bonds is 4. The lowest BCUT2D eigenvalue weighted by Gasteiger charge is -2.30. The molecule has 0 N–H and O–H groups in total. The van der Waals surface area contributed by atoms with Crippen molar-refractivity contribution in [3.8, 4) is 0 Å². The number of benzene rings is 1. The van der Waals surface area contributed by atoms with Crippen molar-refractivity contribution in [2.24, 2.45) is 5.92 Å². The van der Waals surface area contributed by atoms with Crippen LogP contribution in [0.15, 0.2) is 24.3 Å². The summed E-state index contributed by atoms with van der Waals surface area (Å²) in [5.41, 5.74) is 2.82. The van der Waals surface area contributed by atoms with Crippen molar-refractivity contribution in [3.63, 3.8) is 0 Å². The Morgan fingerprint density at radius 2 is 2.00 bits per heavy atom. The maximum absolute atomic E-state index is 12.7. The van der Waals surface area contributed by atoms with Gasteiger partial charge in [-0.05, 0) is 36.8 Å². The van der Waals surface area contributed by atoms with Crippen molar-refractivity contribution < 1.29 is 9.53 Å². The van der Waals surface area contributed by atoms with E-state index in [-0.39, 0.29) is 5.92 Å². The van der Waals surface area contributed by atoms with Gasteiger partial charge < -0.3 is 9.64 Å². The van der Waals surface area contributed by atoms with E-state index in [0.29, 0.717) is 18.6 Å². The molecule has 0 bridgehead atoms. The summed E-state index contributed by atoms with van der Waals surface area (Å²) in [5.74, 6) is 0.396. The number of hydrogen-bond donors (Lipinski definition) is 0. The molecule has 1 atom stereocenters. The Balaban J connectivity index is 1.73. The number of amides is 1. The van der Waals surface area contributed by atoms with E-state index in [4.69, 9.17) is 4.74 Å². The summed E-state index contributed by atoms with van der Waals surface area (Å²) in [4.78, 5) is 14.8. The van der Waals surface area contributed by atoms with Crippen LogP contribution < -0.4 is 0 Å². The molecule has 1 aromatic carbocycles. The maximum atomic E-state index is 12.7. The van der Waals surface area contributed by atoms with Crippen molar-refractivity contribution in [2.45, 2.75) is 38.6 Å². The van der Waals surface area contributed by atoms with Gasteiger partial charge in [-0.25, -0.2) is 0 Å². The number of fused-ring (bicyclic) bond motifs is 1. The van der Waals surface area contributed by atoms with Crippen LogP contribution in [0.4, 0.5) is 0 Å². The lowest BCUT2D eigenvalue weighted by Crippen LogP contribution is -2.44. The van der Waals surface area contributed by atoms with Gasteiger partial charge in [-0.2, -0.15) is 0 Å². The van der Waals surface area contributed by atoms with Gasteiger partial charge >= 0.3 is 0 Å². The average molecular weight is 273 g/mol. The van der Waals surface area contributed by atoms with Crippen LogP contribution in [0.1, 0.15) is 30.9 Å². The van der Waals surface area contributed by atoms with Gasteiger partial charge in [0.15, 0.2) is 0 Å². The Kier molecular flexibility index (Phi) is 4.06. The number of carbonyl (C=O) groups excluding carboxylic acids is 1. The topological polar surface area (TPSA) is 29.5 Å². The van der Waals surface area contributed by atoms with Gasteiger partial charge in [0, 0.05) is 19.2 Å². The third-order valence-corrected chi connectivity index (χ3v) is 4.50. The molecule has 1 saturated heterocycles. The third-order valence-electron chi connectivity index (χ3n) is 4.50. The van der Waals surface area contributed by atoms with Gasteiger partial charge in [-0.15, -0.1) is 0 Å². The van der Waals surface area contributed by atoms with Gasteiger partial charge in [-0.3, -0.25) is 4.79 Å². The van der Waals surface area contributed by atoms with E-state index in [0.717, 1.165) is 38.8 Å². The van der Waals surface area contributed by atoms with E-state index in [1.807, 2.05) is 0 Å². The Morgan fingerprint density at radius 3 is 2.55 bits per heavy atom. The highest BCUT2D eigenvalue weighted by Gasteiger charge is 2.34. The normalized spacial score (nSPS) is 21.9. The minimum atomic E-state index is 0.0882. The minimum absolute atomic E-state index is 0.0882. The van der Waals surface area contributed by atoms with Crippen LogP contribution in [-0.2, 0) is 22.4 Å². The molecule has 1 aliphatic carbocycles. The van der Waals surface area contributed by atoms with Crippen LogP contribution in [0.2, 0.25) is 0 Å². The van der Waals surface area contributed by atoms with Crippen molar-refractivity contribution in [1.82, 2.24) is 4.90 Å². The fourth-order valence-corrected chi connectivity index (χ4v) is 3.43. The zero-order chi connectivity index (χ0) is 13.9. The van der Waals surface area contributed by atoms with Gasteiger partial charge in [-0.1, -0.05) is 31.2 Å². The molecule has 3 heteroatoms. The summed E-state index contributed by atoms with van der Waals surface area (Å²) in [7, 11) is 0. The summed E-state index contributed by atoms with van der Waals surface area (Å²) in [6.45, 7) is 4.36. The van der Waals surface area contributed by atoms with Crippen LogP contribution in [0, 0.1) is 5.92 Å². The van der Waals surface area contributed by atoms with Crippen LogP contribution in [0.3, 0.4) is 0 Å². The lowest BCUT2D eigenvalue weighted by atomic mass is 10.0. The fourth-order valence-electron chi connectivity index (χ4n) is 3.43. The van der Waals surface area contributed by atoms with Gasteiger partial charge in [0.2, 0.25) is 5.91 Å². The standard InChI is InChI=1S/C17H23NO2/c1-2-8-18(17(19)15-7-9-20-12-15)16-10-13-5-3-4-6-14(13)11-16/h3-6,15-16H,2,7-12H2,1H3. The molecule has 3 rings (SSSR count). The number of hydrogen-bond acceptors (Lipinski definition) is 2. The highest BCUT2D eigenvalue weighted by Crippen LogP contribution is 2.27. The van der Waals surface area contributed by atoms with E-state index in [9.17, 15) is 4.79 Å². The Labute approximate surface area is 120 Å². The van der Waals surface area contributed by atoms with Crippen molar-refractivity contribution in [2.75, 3.05) is 19.8 Å². The SMILES string of the molecule is CCCN(C(=O)C1CCOC1)C1Cc2ccccc2C1. The summed E-state index contributed by atoms with van der Waals surface area (Å²) in [6, 6.07) is 8.93. The van der Waals surface area contributed by atoms with Crippen molar-refractivity contribution in [3.05, 3.63) is 35.4 Å². The first kappa shape index (κ1) is 13.6. The van der Waals surface area contributed by atoms with Crippen molar-refractivity contribution in [1.29, 1.82) is 0 Å². The summed E-state index contributed by atoms with van der Waals surface area (Å²) >= 11 is 0. The molecule has 108 valence electrons. The fraction of sp³-hybridized carbons (Fsp3) is 0.588. The molecule has 1 amide bonds. The summed E-state index contributed by atoms with van der Waals surface area (Å²) in [6.07, 6.45) is 3.93. The van der Waals surface area contributed by atoms with Crippen LogP contribution in [0.5, 0.6) is 0 Å². The highest BCUT2D eigenvalue weighted by atomic mass is 16.5. The summed E-state index contributed by atoms with van der Waals surface area (Å²) in [5, 5.41) is 0. The Morgan fingerprint density at radius 1 is 1.30 bits per heavy atom. The van der Waals surface area contributed by atoms with Crippen LogP contribution >= 0.6 is 0 Å². The van der Waals surface area contributed by atoms with Crippen LogP contribution in [0.25, 0.3) is 0 Å². The first-order chi connectivity index (χ1) is 9.79. The lowest BCUT2D eigenvalue weighted by molar-refractivity contribution is -0.137. The molecule has 1 unspecified atom stereocenters. The molecule has 1 fully saturated rings. The average Bonchev–Trinajstić information content (AvgIpc) is 3.12. The zero-order valence-electron chi connectivity index (χ0n) is 12.2. The quantitative estimate of drug-likeness (QED) is 0.843. The molecule has 0 radical (unpaired) electrons. The molecule has 2 aliphatic rings. The zero-order valence-corrected chi connectivity index (χ0v) is 12.2. The predicted molar refractivity (Wildman–Crippen MR) is 78.6 cm³/mol. The van der Waals surface area contributed by atoms with Gasteiger partial charge in [0.25, 0.3) is 0 Å². The first-order valence-electron chi connectivity index (χ1n) is 7.74. The number of nitrogens with zero attached hydrogens (tertiary/aromatic N) is 1. The molecular weight excluding hydrogens is 250 g/mol. The predicted octanol–water partition coefficient (Wildman–Crippen LogP) is 2.43. The van der Waals surface area contributed by atoms with E-state index >= 15 is 0 Å². The Bertz CT molecular complexity index is 455. The van der Waals surface area contributed by atoms with Crippen molar-refractivity contribution >= 4 is 5.91 Å². The second-order valence-corrected chi connectivity index (χ2v) is 5.92. The summed E-state index contributed by atoms with van der Waals surface area (Å²) < 4.78 is 5.38. The van der Waals surface area contributed by atoms with E-state index in [1.54, 1.807) is 0 Å². The first-order valence-corrected chi connectivity index (χ1v) is 7.74. The largest absolute Gasteiger partial charge is 0.381 e. The molecule has 0 aromatic heterocycles. The molecule has 0 spiro atoms. The van der Waals surface area contributed by atoms with E-state index < -0.39 is 0 Å². The van der Waals surface area contributed by atoms with E-state index in [1.165, 1.54) is 11.1 Å². The minimum Gasteiger partial charge on any atom is -0.381 e. The van der Waals surface area contributed by atoms with Gasteiger partial charge in [0.05, 0.1) is 12.5 Å².